The monoisotopic (exact) mass is 229 g/mol. The van der Waals surface area contributed by atoms with Crippen molar-refractivity contribution in [2.45, 2.75) is 44.4 Å². The fraction of sp³-hybridized carbons (Fsp3) is 1.00. The van der Waals surface area contributed by atoms with Crippen LogP contribution in [0.2, 0.25) is 0 Å². The average Bonchev–Trinajstić information content (AvgIpc) is 2.76. The Morgan fingerprint density at radius 3 is 2.67 bits per heavy atom. The highest BCUT2D eigenvalue weighted by Crippen LogP contribution is 2.48. The molecule has 0 spiro atoms. The van der Waals surface area contributed by atoms with Crippen molar-refractivity contribution in [3.8, 4) is 0 Å². The highest BCUT2D eigenvalue weighted by atomic mass is 35.5. The average molecular weight is 230 g/mol. The minimum Gasteiger partial charge on any atom is -0.306 e. The van der Waals surface area contributed by atoms with E-state index in [1.807, 2.05) is 0 Å². The number of alkyl halides is 1. The van der Waals surface area contributed by atoms with Gasteiger partial charge in [0.15, 0.2) is 0 Å². The van der Waals surface area contributed by atoms with E-state index in [2.05, 4.69) is 18.9 Å². The van der Waals surface area contributed by atoms with Crippen molar-refractivity contribution >= 4 is 11.6 Å². The topological polar surface area (TPSA) is 3.24 Å². The summed E-state index contributed by atoms with van der Waals surface area (Å²) in [5, 5.41) is 0.326. The molecule has 0 aliphatic heterocycles. The molecule has 0 heterocycles. The summed E-state index contributed by atoms with van der Waals surface area (Å²) < 4.78 is 0. The minimum atomic E-state index is 0.326. The van der Waals surface area contributed by atoms with Crippen LogP contribution in [0.15, 0.2) is 0 Å². The molecule has 2 rings (SSSR count). The zero-order valence-corrected chi connectivity index (χ0v) is 10.8. The SMILES string of the molecule is CC(Cl)CCN(C)CC1CC2CCC1C2. The zero-order chi connectivity index (χ0) is 10.8. The van der Waals surface area contributed by atoms with Gasteiger partial charge in [0.1, 0.15) is 0 Å². The Morgan fingerprint density at radius 2 is 2.13 bits per heavy atom. The van der Waals surface area contributed by atoms with Crippen molar-refractivity contribution < 1.29 is 0 Å². The maximum absolute atomic E-state index is 5.97. The molecule has 2 aliphatic rings. The fourth-order valence-electron chi connectivity index (χ4n) is 3.49. The third-order valence-electron chi connectivity index (χ3n) is 4.34. The van der Waals surface area contributed by atoms with Gasteiger partial charge < -0.3 is 4.90 Å². The van der Waals surface area contributed by atoms with Crippen LogP contribution in [-0.4, -0.2) is 30.4 Å². The van der Waals surface area contributed by atoms with E-state index in [-0.39, 0.29) is 0 Å². The second kappa shape index (κ2) is 5.05. The third kappa shape index (κ3) is 3.10. The van der Waals surface area contributed by atoms with Crippen LogP contribution >= 0.6 is 11.6 Å². The van der Waals surface area contributed by atoms with Gasteiger partial charge in [-0.05, 0) is 64.0 Å². The van der Waals surface area contributed by atoms with E-state index in [1.54, 1.807) is 0 Å². The second-order valence-electron chi connectivity index (χ2n) is 5.77. The van der Waals surface area contributed by atoms with E-state index in [4.69, 9.17) is 11.6 Å². The van der Waals surface area contributed by atoms with Gasteiger partial charge in [0.25, 0.3) is 0 Å². The lowest BCUT2D eigenvalue weighted by Crippen LogP contribution is -2.30. The highest BCUT2D eigenvalue weighted by molar-refractivity contribution is 6.20. The summed E-state index contributed by atoms with van der Waals surface area (Å²) in [7, 11) is 2.26. The standard InChI is InChI=1S/C13H24ClN/c1-10(14)5-6-15(2)9-13-8-11-3-4-12(13)7-11/h10-13H,3-9H2,1-2H3. The molecule has 1 nitrogen and oxygen atoms in total. The maximum Gasteiger partial charge on any atom is 0.0320 e. The summed E-state index contributed by atoms with van der Waals surface area (Å²) in [5.74, 6) is 3.14. The summed E-state index contributed by atoms with van der Waals surface area (Å²) in [6.45, 7) is 4.57. The fourth-order valence-corrected chi connectivity index (χ4v) is 3.59. The maximum atomic E-state index is 5.97. The summed E-state index contributed by atoms with van der Waals surface area (Å²) in [4.78, 5) is 2.49. The van der Waals surface area contributed by atoms with E-state index in [1.165, 1.54) is 38.8 Å². The second-order valence-corrected chi connectivity index (χ2v) is 6.51. The predicted molar refractivity (Wildman–Crippen MR) is 66.4 cm³/mol. The Balaban J connectivity index is 1.68. The van der Waals surface area contributed by atoms with Crippen LogP contribution < -0.4 is 0 Å². The van der Waals surface area contributed by atoms with E-state index >= 15 is 0 Å². The number of hydrogen-bond donors (Lipinski definition) is 0. The summed E-state index contributed by atoms with van der Waals surface area (Å²) in [6, 6.07) is 0. The van der Waals surface area contributed by atoms with Crippen molar-refractivity contribution in [3.63, 3.8) is 0 Å². The van der Waals surface area contributed by atoms with Crippen LogP contribution in [0.4, 0.5) is 0 Å². The van der Waals surface area contributed by atoms with Gasteiger partial charge in [-0.25, -0.2) is 0 Å². The van der Waals surface area contributed by atoms with Gasteiger partial charge in [0.2, 0.25) is 0 Å². The first kappa shape index (κ1) is 11.7. The normalized spacial score (nSPS) is 36.4. The van der Waals surface area contributed by atoms with Gasteiger partial charge in [0.05, 0.1) is 0 Å². The van der Waals surface area contributed by atoms with Crippen LogP contribution in [0.5, 0.6) is 0 Å². The Bertz CT molecular complexity index is 205. The van der Waals surface area contributed by atoms with Crippen LogP contribution in [0.3, 0.4) is 0 Å². The van der Waals surface area contributed by atoms with E-state index < -0.39 is 0 Å². The number of hydrogen-bond acceptors (Lipinski definition) is 1. The Labute approximate surface area is 99.2 Å². The zero-order valence-electron chi connectivity index (χ0n) is 10.1. The Hall–Kier alpha value is 0.250. The van der Waals surface area contributed by atoms with Crippen molar-refractivity contribution in [3.05, 3.63) is 0 Å². The first-order chi connectivity index (χ1) is 7.15. The summed E-state index contributed by atoms with van der Waals surface area (Å²) in [5.41, 5.74) is 0. The number of rotatable bonds is 5. The molecule has 0 N–H and O–H groups in total. The van der Waals surface area contributed by atoms with E-state index in [0.717, 1.165) is 24.2 Å². The smallest absolute Gasteiger partial charge is 0.0320 e. The first-order valence-corrected chi connectivity index (χ1v) is 6.91. The van der Waals surface area contributed by atoms with Crippen molar-refractivity contribution in [2.24, 2.45) is 17.8 Å². The molecule has 0 aromatic heterocycles. The van der Waals surface area contributed by atoms with E-state index in [9.17, 15) is 0 Å². The summed E-state index contributed by atoms with van der Waals surface area (Å²) in [6.07, 6.45) is 7.19. The molecule has 0 aromatic carbocycles. The van der Waals surface area contributed by atoms with Gasteiger partial charge in [0, 0.05) is 11.9 Å². The number of halogens is 1. The molecule has 15 heavy (non-hydrogen) atoms. The van der Waals surface area contributed by atoms with E-state index in [0.29, 0.717) is 5.38 Å². The van der Waals surface area contributed by atoms with Gasteiger partial charge in [-0.15, -0.1) is 11.6 Å². The van der Waals surface area contributed by atoms with Crippen molar-refractivity contribution in [1.82, 2.24) is 4.90 Å². The molecule has 2 saturated carbocycles. The Kier molecular flexibility index (Phi) is 3.95. The van der Waals surface area contributed by atoms with Gasteiger partial charge in [-0.3, -0.25) is 0 Å². The molecule has 2 bridgehead atoms. The molecule has 2 aliphatic carbocycles. The van der Waals surface area contributed by atoms with Crippen LogP contribution in [0.1, 0.15) is 39.0 Å². The molecule has 2 fully saturated rings. The predicted octanol–water partition coefficient (Wildman–Crippen LogP) is 3.37. The van der Waals surface area contributed by atoms with Crippen molar-refractivity contribution in [1.29, 1.82) is 0 Å². The van der Waals surface area contributed by atoms with Crippen LogP contribution in [-0.2, 0) is 0 Å². The quantitative estimate of drug-likeness (QED) is 0.654. The number of fused-ring (bicyclic) bond motifs is 2. The summed E-state index contributed by atoms with van der Waals surface area (Å²) >= 11 is 5.97. The Morgan fingerprint density at radius 1 is 1.33 bits per heavy atom. The molecule has 0 amide bonds. The van der Waals surface area contributed by atoms with Gasteiger partial charge in [-0.2, -0.15) is 0 Å². The molecule has 0 aromatic rings. The minimum absolute atomic E-state index is 0.326. The van der Waals surface area contributed by atoms with Crippen LogP contribution in [0, 0.1) is 17.8 Å². The highest BCUT2D eigenvalue weighted by Gasteiger charge is 2.39. The van der Waals surface area contributed by atoms with Gasteiger partial charge >= 0.3 is 0 Å². The number of nitrogens with zero attached hydrogens (tertiary/aromatic N) is 1. The van der Waals surface area contributed by atoms with Gasteiger partial charge in [-0.1, -0.05) is 6.42 Å². The first-order valence-electron chi connectivity index (χ1n) is 6.47. The lowest BCUT2D eigenvalue weighted by Gasteiger charge is -2.27. The largest absolute Gasteiger partial charge is 0.306 e. The lowest BCUT2D eigenvalue weighted by atomic mass is 9.88. The lowest BCUT2D eigenvalue weighted by molar-refractivity contribution is 0.218. The third-order valence-corrected chi connectivity index (χ3v) is 4.56. The van der Waals surface area contributed by atoms with Crippen molar-refractivity contribution in [2.75, 3.05) is 20.1 Å². The molecular weight excluding hydrogens is 206 g/mol. The molecule has 0 radical (unpaired) electrons. The molecule has 88 valence electrons. The molecule has 2 heteroatoms. The molecular formula is C13H24ClN. The molecule has 4 atom stereocenters. The molecule has 0 saturated heterocycles. The van der Waals surface area contributed by atoms with Crippen LogP contribution in [0.25, 0.3) is 0 Å². The molecule has 4 unspecified atom stereocenters.